The predicted octanol–water partition coefficient (Wildman–Crippen LogP) is 0.669. The molecule has 0 aliphatic rings. The highest BCUT2D eigenvalue weighted by Gasteiger charge is 2.22. The molecule has 0 bridgehead atoms. The fourth-order valence-corrected chi connectivity index (χ4v) is 1.84. The van der Waals surface area contributed by atoms with Crippen molar-refractivity contribution < 1.29 is 24.2 Å². The lowest BCUT2D eigenvalue weighted by Crippen LogP contribution is -2.41. The van der Waals surface area contributed by atoms with Crippen LogP contribution in [0.1, 0.15) is 30.3 Å². The second-order valence-corrected chi connectivity index (χ2v) is 4.30. The van der Waals surface area contributed by atoms with E-state index in [0.717, 1.165) is 0 Å². The molecule has 0 unspecified atom stereocenters. The third-order valence-electron chi connectivity index (χ3n) is 2.21. The first-order valence-corrected chi connectivity index (χ1v) is 6.56. The van der Waals surface area contributed by atoms with Crippen molar-refractivity contribution in [2.24, 2.45) is 0 Å². The van der Waals surface area contributed by atoms with Gasteiger partial charge in [0.15, 0.2) is 0 Å². The number of carbonyl (C=O) groups is 3. The normalized spacial score (nSPS) is 11.6. The van der Waals surface area contributed by atoms with Crippen LogP contribution in [0, 0.1) is 0 Å². The van der Waals surface area contributed by atoms with Gasteiger partial charge in [0.2, 0.25) is 0 Å². The molecule has 0 radical (unpaired) electrons. The van der Waals surface area contributed by atoms with Gasteiger partial charge in [0, 0.05) is 11.8 Å². The number of nitrogens with zero attached hydrogens (tertiary/aromatic N) is 1. The molecule has 0 saturated carbocycles. The van der Waals surface area contributed by atoms with Gasteiger partial charge in [0.05, 0.1) is 12.1 Å². The number of nitrogens with one attached hydrogen (secondary N) is 1. The summed E-state index contributed by atoms with van der Waals surface area (Å²) in [5, 5.41) is 12.8. The third-order valence-corrected chi connectivity index (χ3v) is 2.80. The van der Waals surface area contributed by atoms with Crippen LogP contribution < -0.4 is 5.32 Å². The van der Waals surface area contributed by atoms with Gasteiger partial charge in [-0.05, 0) is 13.3 Å². The smallest absolute Gasteiger partial charge is 0.326 e. The largest absolute Gasteiger partial charge is 0.480 e. The maximum absolute atomic E-state index is 11.6. The minimum Gasteiger partial charge on any atom is -0.480 e. The number of esters is 1. The molecule has 1 atom stereocenters. The van der Waals surface area contributed by atoms with E-state index >= 15 is 0 Å². The summed E-state index contributed by atoms with van der Waals surface area (Å²) in [6.45, 7) is 1.90. The van der Waals surface area contributed by atoms with Crippen LogP contribution in [-0.4, -0.2) is 40.6 Å². The molecule has 8 heteroatoms. The SMILES string of the molecule is CCOC(=O)CC[C@H](NC(=O)c1cscn1)C(=O)O. The number of thiazole rings is 1. The van der Waals surface area contributed by atoms with Gasteiger partial charge in [-0.15, -0.1) is 11.3 Å². The second-order valence-electron chi connectivity index (χ2n) is 3.58. The standard InChI is InChI=1S/C11H14N2O5S/c1-2-18-9(14)4-3-7(11(16)17)13-10(15)8-5-19-6-12-8/h5-7H,2-4H2,1H3,(H,13,15)(H,16,17)/t7-/m0/s1. The molecule has 1 amide bonds. The maximum Gasteiger partial charge on any atom is 0.326 e. The molecule has 0 aliphatic heterocycles. The van der Waals surface area contributed by atoms with E-state index in [9.17, 15) is 14.4 Å². The zero-order chi connectivity index (χ0) is 14.3. The van der Waals surface area contributed by atoms with Crippen LogP contribution in [0.3, 0.4) is 0 Å². The lowest BCUT2D eigenvalue weighted by molar-refractivity contribution is -0.144. The van der Waals surface area contributed by atoms with Crippen LogP contribution in [0.5, 0.6) is 0 Å². The molecule has 19 heavy (non-hydrogen) atoms. The lowest BCUT2D eigenvalue weighted by Gasteiger charge is -2.13. The van der Waals surface area contributed by atoms with E-state index < -0.39 is 23.9 Å². The number of carbonyl (C=O) groups excluding carboxylic acids is 2. The Bertz CT molecular complexity index is 446. The van der Waals surface area contributed by atoms with Crippen molar-refractivity contribution in [1.82, 2.24) is 10.3 Å². The topological polar surface area (TPSA) is 106 Å². The van der Waals surface area contributed by atoms with Gasteiger partial charge in [0.1, 0.15) is 11.7 Å². The van der Waals surface area contributed by atoms with Crippen molar-refractivity contribution >= 4 is 29.2 Å². The number of carboxylic acids is 1. The van der Waals surface area contributed by atoms with Crippen molar-refractivity contribution in [2.45, 2.75) is 25.8 Å². The highest BCUT2D eigenvalue weighted by molar-refractivity contribution is 7.07. The number of amides is 1. The molecule has 7 nitrogen and oxygen atoms in total. The summed E-state index contributed by atoms with van der Waals surface area (Å²) in [7, 11) is 0. The highest BCUT2D eigenvalue weighted by Crippen LogP contribution is 2.04. The Morgan fingerprint density at radius 2 is 2.26 bits per heavy atom. The molecule has 0 aliphatic carbocycles. The molecule has 0 aromatic carbocycles. The van der Waals surface area contributed by atoms with Crippen LogP contribution >= 0.6 is 11.3 Å². The molecule has 2 N–H and O–H groups in total. The van der Waals surface area contributed by atoms with Crippen LogP contribution in [0.25, 0.3) is 0 Å². The monoisotopic (exact) mass is 286 g/mol. The first-order chi connectivity index (χ1) is 9.04. The first kappa shape index (κ1) is 15.1. The van der Waals surface area contributed by atoms with E-state index in [0.29, 0.717) is 0 Å². The number of aliphatic carboxylic acids is 1. The number of aromatic nitrogens is 1. The quantitative estimate of drug-likeness (QED) is 0.714. The van der Waals surface area contributed by atoms with E-state index in [-0.39, 0.29) is 25.1 Å². The van der Waals surface area contributed by atoms with Crippen molar-refractivity contribution in [2.75, 3.05) is 6.61 Å². The molecule has 1 aromatic rings. The number of hydrogen-bond acceptors (Lipinski definition) is 6. The zero-order valence-corrected chi connectivity index (χ0v) is 11.1. The second kappa shape index (κ2) is 7.47. The average molecular weight is 286 g/mol. The fraction of sp³-hybridized carbons (Fsp3) is 0.455. The van der Waals surface area contributed by atoms with Crippen molar-refractivity contribution in [1.29, 1.82) is 0 Å². The predicted molar refractivity (Wildman–Crippen MR) is 66.9 cm³/mol. The van der Waals surface area contributed by atoms with E-state index in [1.165, 1.54) is 22.2 Å². The van der Waals surface area contributed by atoms with E-state index in [2.05, 4.69) is 10.3 Å². The maximum atomic E-state index is 11.6. The van der Waals surface area contributed by atoms with E-state index in [1.54, 1.807) is 6.92 Å². The minimum absolute atomic E-state index is 0.0238. The van der Waals surface area contributed by atoms with Crippen molar-refractivity contribution in [3.8, 4) is 0 Å². The number of carboxylic acid groups (broad SMARTS) is 1. The fourth-order valence-electron chi connectivity index (χ4n) is 1.31. The van der Waals surface area contributed by atoms with E-state index in [4.69, 9.17) is 9.84 Å². The molecule has 104 valence electrons. The highest BCUT2D eigenvalue weighted by atomic mass is 32.1. The minimum atomic E-state index is -1.20. The summed E-state index contributed by atoms with van der Waals surface area (Å²) in [6.07, 6.45) is -0.0911. The molecule has 0 spiro atoms. The van der Waals surface area contributed by atoms with Crippen molar-refractivity contribution in [3.63, 3.8) is 0 Å². The Kier molecular flexibility index (Phi) is 5.94. The van der Waals surface area contributed by atoms with Gasteiger partial charge >= 0.3 is 11.9 Å². The molecule has 1 heterocycles. The molecular formula is C11H14N2O5S. The summed E-state index contributed by atoms with van der Waals surface area (Å²) in [6, 6.07) is -1.14. The average Bonchev–Trinajstić information content (AvgIpc) is 2.88. The third kappa shape index (κ3) is 5.04. The number of rotatable bonds is 7. The van der Waals surface area contributed by atoms with Crippen LogP contribution in [0.2, 0.25) is 0 Å². The van der Waals surface area contributed by atoms with Gasteiger partial charge in [-0.25, -0.2) is 9.78 Å². The molecule has 0 saturated heterocycles. The number of hydrogen-bond donors (Lipinski definition) is 2. The summed E-state index contributed by atoms with van der Waals surface area (Å²) in [5.74, 6) is -2.26. The van der Waals surface area contributed by atoms with Gasteiger partial charge in [-0.1, -0.05) is 0 Å². The van der Waals surface area contributed by atoms with Gasteiger partial charge in [0.25, 0.3) is 5.91 Å². The van der Waals surface area contributed by atoms with Crippen molar-refractivity contribution in [3.05, 3.63) is 16.6 Å². The van der Waals surface area contributed by atoms with E-state index in [1.807, 2.05) is 0 Å². The zero-order valence-electron chi connectivity index (χ0n) is 10.3. The Morgan fingerprint density at radius 3 is 2.79 bits per heavy atom. The molecular weight excluding hydrogens is 272 g/mol. The van der Waals surface area contributed by atoms with Gasteiger partial charge in [-0.2, -0.15) is 0 Å². The Morgan fingerprint density at radius 1 is 1.53 bits per heavy atom. The summed E-state index contributed by atoms with van der Waals surface area (Å²) < 4.78 is 4.69. The number of ether oxygens (including phenoxy) is 1. The lowest BCUT2D eigenvalue weighted by atomic mass is 10.1. The van der Waals surface area contributed by atoms with Crippen LogP contribution in [0.4, 0.5) is 0 Å². The summed E-state index contributed by atoms with van der Waals surface area (Å²) in [4.78, 5) is 37.6. The summed E-state index contributed by atoms with van der Waals surface area (Å²) >= 11 is 1.23. The van der Waals surface area contributed by atoms with Gasteiger partial charge < -0.3 is 15.2 Å². The Hall–Kier alpha value is -1.96. The van der Waals surface area contributed by atoms with Crippen LogP contribution in [-0.2, 0) is 14.3 Å². The Labute approximate surface area is 113 Å². The Balaban J connectivity index is 2.51. The van der Waals surface area contributed by atoms with Gasteiger partial charge in [-0.3, -0.25) is 9.59 Å². The summed E-state index contributed by atoms with van der Waals surface area (Å²) in [5.41, 5.74) is 1.64. The molecule has 1 rings (SSSR count). The first-order valence-electron chi connectivity index (χ1n) is 5.62. The van der Waals surface area contributed by atoms with Crippen LogP contribution in [0.15, 0.2) is 10.9 Å². The molecule has 1 aromatic heterocycles. The molecule has 0 fully saturated rings.